The molecule has 0 fully saturated rings. The predicted octanol–water partition coefficient (Wildman–Crippen LogP) is 5.32. The van der Waals surface area contributed by atoms with Gasteiger partial charge in [-0.25, -0.2) is 9.78 Å². The van der Waals surface area contributed by atoms with Crippen LogP contribution in [0.3, 0.4) is 0 Å². The van der Waals surface area contributed by atoms with Crippen molar-refractivity contribution in [2.75, 3.05) is 5.32 Å². The Morgan fingerprint density at radius 3 is 2.31 bits per heavy atom. The molecule has 0 aliphatic rings. The SMILES string of the molecule is CC(C)(C)NC(=O)Nc1nc(-c2ccc(Cc3ccccc3)cc2)cs1. The van der Waals surface area contributed by atoms with Gasteiger partial charge < -0.3 is 5.32 Å². The smallest absolute Gasteiger partial charge is 0.321 e. The number of carbonyl (C=O) groups excluding carboxylic acids is 1. The number of hydrogen-bond donors (Lipinski definition) is 2. The molecule has 2 amide bonds. The Kier molecular flexibility index (Phi) is 5.38. The van der Waals surface area contributed by atoms with Crippen molar-refractivity contribution in [2.24, 2.45) is 0 Å². The van der Waals surface area contributed by atoms with E-state index in [2.05, 4.69) is 64.1 Å². The number of anilines is 1. The summed E-state index contributed by atoms with van der Waals surface area (Å²) in [4.78, 5) is 16.4. The summed E-state index contributed by atoms with van der Waals surface area (Å²) < 4.78 is 0. The van der Waals surface area contributed by atoms with E-state index in [0.29, 0.717) is 5.13 Å². The summed E-state index contributed by atoms with van der Waals surface area (Å²) >= 11 is 1.42. The molecular formula is C21H23N3OS. The molecule has 0 saturated heterocycles. The van der Waals surface area contributed by atoms with Crippen LogP contribution in [-0.4, -0.2) is 16.6 Å². The van der Waals surface area contributed by atoms with Crippen molar-refractivity contribution in [1.29, 1.82) is 0 Å². The molecule has 26 heavy (non-hydrogen) atoms. The third-order valence-corrected chi connectivity index (χ3v) is 4.47. The first kappa shape index (κ1) is 18.1. The first-order valence-corrected chi connectivity index (χ1v) is 9.45. The fourth-order valence-electron chi connectivity index (χ4n) is 2.56. The van der Waals surface area contributed by atoms with E-state index < -0.39 is 0 Å². The first-order valence-electron chi connectivity index (χ1n) is 8.57. The average Bonchev–Trinajstić information content (AvgIpc) is 3.03. The Hall–Kier alpha value is -2.66. The van der Waals surface area contributed by atoms with Crippen LogP contribution in [0.1, 0.15) is 31.9 Å². The van der Waals surface area contributed by atoms with E-state index in [-0.39, 0.29) is 11.6 Å². The highest BCUT2D eigenvalue weighted by atomic mass is 32.1. The Morgan fingerprint density at radius 2 is 1.65 bits per heavy atom. The van der Waals surface area contributed by atoms with E-state index in [0.717, 1.165) is 17.7 Å². The number of rotatable bonds is 4. The molecule has 0 aliphatic carbocycles. The zero-order valence-corrected chi connectivity index (χ0v) is 16.1. The molecule has 0 radical (unpaired) electrons. The topological polar surface area (TPSA) is 54.0 Å². The maximum absolute atomic E-state index is 11.9. The molecule has 5 heteroatoms. The van der Waals surface area contributed by atoms with Gasteiger partial charge in [-0.15, -0.1) is 11.3 Å². The number of nitrogens with zero attached hydrogens (tertiary/aromatic N) is 1. The monoisotopic (exact) mass is 365 g/mol. The largest absolute Gasteiger partial charge is 0.333 e. The number of nitrogens with one attached hydrogen (secondary N) is 2. The number of hydrogen-bond acceptors (Lipinski definition) is 3. The van der Waals surface area contributed by atoms with Crippen LogP contribution in [0.15, 0.2) is 60.0 Å². The lowest BCUT2D eigenvalue weighted by atomic mass is 10.0. The van der Waals surface area contributed by atoms with Gasteiger partial charge in [0.1, 0.15) is 0 Å². The predicted molar refractivity (Wildman–Crippen MR) is 109 cm³/mol. The number of thiazole rings is 1. The highest BCUT2D eigenvalue weighted by Crippen LogP contribution is 2.25. The zero-order chi connectivity index (χ0) is 18.6. The summed E-state index contributed by atoms with van der Waals surface area (Å²) in [5.74, 6) is 0. The molecule has 0 bridgehead atoms. The van der Waals surface area contributed by atoms with E-state index in [1.165, 1.54) is 22.5 Å². The number of benzene rings is 2. The molecule has 0 unspecified atom stereocenters. The lowest BCUT2D eigenvalue weighted by Crippen LogP contribution is -2.43. The van der Waals surface area contributed by atoms with Crippen LogP contribution in [-0.2, 0) is 6.42 Å². The van der Waals surface area contributed by atoms with Crippen LogP contribution < -0.4 is 10.6 Å². The van der Waals surface area contributed by atoms with E-state index in [1.807, 2.05) is 32.2 Å². The second-order valence-corrected chi connectivity index (χ2v) is 8.08. The third kappa shape index (κ3) is 5.17. The molecule has 1 heterocycles. The van der Waals surface area contributed by atoms with Gasteiger partial charge in [-0.2, -0.15) is 0 Å². The van der Waals surface area contributed by atoms with Crippen LogP contribution >= 0.6 is 11.3 Å². The van der Waals surface area contributed by atoms with Crippen LogP contribution in [0.4, 0.5) is 9.93 Å². The van der Waals surface area contributed by atoms with Crippen molar-refractivity contribution >= 4 is 22.5 Å². The molecule has 0 aliphatic heterocycles. The fourth-order valence-corrected chi connectivity index (χ4v) is 3.27. The quantitative estimate of drug-likeness (QED) is 0.657. The molecule has 2 aromatic carbocycles. The molecule has 134 valence electrons. The molecule has 3 rings (SSSR count). The van der Waals surface area contributed by atoms with Gasteiger partial charge in [0, 0.05) is 16.5 Å². The molecule has 0 saturated carbocycles. The van der Waals surface area contributed by atoms with Gasteiger partial charge in [-0.05, 0) is 38.3 Å². The fraction of sp³-hybridized carbons (Fsp3) is 0.238. The zero-order valence-electron chi connectivity index (χ0n) is 15.2. The number of carbonyl (C=O) groups is 1. The highest BCUT2D eigenvalue weighted by molar-refractivity contribution is 7.14. The van der Waals surface area contributed by atoms with Gasteiger partial charge in [0.05, 0.1) is 5.69 Å². The molecule has 0 atom stereocenters. The van der Waals surface area contributed by atoms with Gasteiger partial charge in [0.25, 0.3) is 0 Å². The van der Waals surface area contributed by atoms with E-state index in [4.69, 9.17) is 0 Å². The summed E-state index contributed by atoms with van der Waals surface area (Å²) in [6.45, 7) is 5.82. The standard InChI is InChI=1S/C21H23N3OS/c1-21(2,3)24-19(25)23-20-22-18(14-26-20)17-11-9-16(10-12-17)13-15-7-5-4-6-8-15/h4-12,14H,13H2,1-3H3,(H2,22,23,24,25). The van der Waals surface area contributed by atoms with E-state index in [1.54, 1.807) is 0 Å². The van der Waals surface area contributed by atoms with Crippen molar-refractivity contribution in [3.63, 3.8) is 0 Å². The van der Waals surface area contributed by atoms with Crippen molar-refractivity contribution in [2.45, 2.75) is 32.7 Å². The molecule has 1 aromatic heterocycles. The van der Waals surface area contributed by atoms with Crippen LogP contribution in [0.5, 0.6) is 0 Å². The summed E-state index contributed by atoms with van der Waals surface area (Å²) in [7, 11) is 0. The minimum atomic E-state index is -0.279. The van der Waals surface area contributed by atoms with Crippen LogP contribution in [0.25, 0.3) is 11.3 Å². The summed E-state index contributed by atoms with van der Waals surface area (Å²) in [6.07, 6.45) is 0.915. The van der Waals surface area contributed by atoms with Crippen molar-refractivity contribution in [3.05, 3.63) is 71.1 Å². The van der Waals surface area contributed by atoms with Crippen LogP contribution in [0.2, 0.25) is 0 Å². The van der Waals surface area contributed by atoms with Gasteiger partial charge in [0.2, 0.25) is 0 Å². The first-order chi connectivity index (χ1) is 12.4. The van der Waals surface area contributed by atoms with Gasteiger partial charge >= 0.3 is 6.03 Å². The molecule has 0 spiro atoms. The lowest BCUT2D eigenvalue weighted by molar-refractivity contribution is 0.244. The van der Waals surface area contributed by atoms with Gasteiger partial charge in [-0.3, -0.25) is 5.32 Å². The Morgan fingerprint density at radius 1 is 1.00 bits per heavy atom. The van der Waals surface area contributed by atoms with Crippen molar-refractivity contribution in [1.82, 2.24) is 10.3 Å². The van der Waals surface area contributed by atoms with E-state index >= 15 is 0 Å². The van der Waals surface area contributed by atoms with Gasteiger partial charge in [0.15, 0.2) is 5.13 Å². The summed E-state index contributed by atoms with van der Waals surface area (Å²) in [5.41, 5.74) is 4.19. The number of amides is 2. The highest BCUT2D eigenvalue weighted by Gasteiger charge is 2.15. The van der Waals surface area contributed by atoms with E-state index in [9.17, 15) is 4.79 Å². The average molecular weight is 366 g/mol. The number of aromatic nitrogens is 1. The summed E-state index contributed by atoms with van der Waals surface area (Å²) in [6, 6.07) is 18.6. The minimum Gasteiger partial charge on any atom is -0.333 e. The van der Waals surface area contributed by atoms with Gasteiger partial charge in [-0.1, -0.05) is 54.6 Å². The van der Waals surface area contributed by atoms with Crippen LogP contribution in [0, 0.1) is 0 Å². The molecule has 4 nitrogen and oxygen atoms in total. The Bertz CT molecular complexity index is 864. The maximum atomic E-state index is 11.9. The van der Waals surface area contributed by atoms with Crippen molar-refractivity contribution in [3.8, 4) is 11.3 Å². The second-order valence-electron chi connectivity index (χ2n) is 7.23. The second kappa shape index (κ2) is 7.70. The van der Waals surface area contributed by atoms with Crippen molar-refractivity contribution < 1.29 is 4.79 Å². The third-order valence-electron chi connectivity index (χ3n) is 3.71. The Balaban J connectivity index is 1.65. The molecule has 2 N–H and O–H groups in total. The number of urea groups is 1. The molecule has 3 aromatic rings. The normalized spacial score (nSPS) is 11.2. The Labute approximate surface area is 158 Å². The lowest BCUT2D eigenvalue weighted by Gasteiger charge is -2.20. The maximum Gasteiger partial charge on any atom is 0.321 e. The minimum absolute atomic E-state index is 0.239. The summed E-state index contributed by atoms with van der Waals surface area (Å²) in [5, 5.41) is 8.20. The molecular weight excluding hydrogens is 342 g/mol.